The Hall–Kier alpha value is -2.44. The first-order chi connectivity index (χ1) is 6.99. The number of hydrogen-bond acceptors (Lipinski definition) is 5. The molecule has 0 spiro atoms. The summed E-state index contributed by atoms with van der Waals surface area (Å²) in [5.41, 5.74) is 3.28. The van der Waals surface area contributed by atoms with Gasteiger partial charge in [-0.2, -0.15) is 0 Å². The van der Waals surface area contributed by atoms with Crippen molar-refractivity contribution in [3.63, 3.8) is 0 Å². The van der Waals surface area contributed by atoms with Crippen LogP contribution >= 0.6 is 0 Å². The smallest absolute Gasteiger partial charge is 0.339 e. The number of nitroso groups, excluding NO2 is 1. The van der Waals surface area contributed by atoms with Crippen LogP contribution in [0, 0.1) is 4.91 Å². The fraction of sp³-hybridized carbons (Fsp3) is 0. The van der Waals surface area contributed by atoms with Gasteiger partial charge in [0.05, 0.1) is 5.56 Å². The highest BCUT2D eigenvalue weighted by molar-refractivity contribution is 6.08. The number of benzene rings is 1. The fourth-order valence-electron chi connectivity index (χ4n) is 1.13. The van der Waals surface area contributed by atoms with E-state index in [0.29, 0.717) is 0 Å². The zero-order valence-corrected chi connectivity index (χ0v) is 7.30. The van der Waals surface area contributed by atoms with E-state index in [1.165, 1.54) is 0 Å². The lowest BCUT2D eigenvalue weighted by molar-refractivity contribution is 0.0653. The third-order valence-electron chi connectivity index (χ3n) is 1.74. The Labute approximate surface area is 83.1 Å². The molecule has 0 fully saturated rings. The number of nitrogens with two attached hydrogens (primary N) is 1. The number of carboxylic acids is 2. The number of nitrogen functional groups attached to an aromatic ring is 1. The zero-order chi connectivity index (χ0) is 11.6. The highest BCUT2D eigenvalue weighted by Gasteiger charge is 2.23. The molecule has 1 aromatic rings. The molecule has 7 heteroatoms. The standard InChI is InChI=1S/C8H6N2O5/c9-3-1-2-4(10-15)6(8(13)14)5(3)7(11)12/h1-2H,9H2,(H,11,12)(H,13,14). The van der Waals surface area contributed by atoms with Crippen molar-refractivity contribution in [3.05, 3.63) is 28.2 Å². The molecule has 0 amide bonds. The molecule has 1 rings (SSSR count). The van der Waals surface area contributed by atoms with Crippen LogP contribution in [0.2, 0.25) is 0 Å². The van der Waals surface area contributed by atoms with Gasteiger partial charge >= 0.3 is 11.9 Å². The third-order valence-corrected chi connectivity index (χ3v) is 1.74. The van der Waals surface area contributed by atoms with E-state index in [9.17, 15) is 14.5 Å². The van der Waals surface area contributed by atoms with Crippen LogP contribution in [0.1, 0.15) is 20.7 Å². The van der Waals surface area contributed by atoms with Crippen molar-refractivity contribution in [1.29, 1.82) is 0 Å². The number of carboxylic acid groups (broad SMARTS) is 2. The largest absolute Gasteiger partial charge is 0.478 e. The molecule has 0 saturated carbocycles. The molecule has 0 aliphatic carbocycles. The average Bonchev–Trinajstić information content (AvgIpc) is 2.16. The van der Waals surface area contributed by atoms with Crippen molar-refractivity contribution in [1.82, 2.24) is 0 Å². The van der Waals surface area contributed by atoms with Crippen molar-refractivity contribution >= 4 is 23.3 Å². The minimum Gasteiger partial charge on any atom is -0.478 e. The van der Waals surface area contributed by atoms with Crippen LogP contribution < -0.4 is 5.73 Å². The minimum absolute atomic E-state index is 0.229. The molecule has 0 unspecified atom stereocenters. The van der Waals surface area contributed by atoms with Gasteiger partial charge in [0.1, 0.15) is 11.3 Å². The minimum atomic E-state index is -1.56. The van der Waals surface area contributed by atoms with Crippen molar-refractivity contribution in [2.24, 2.45) is 5.18 Å². The first kappa shape index (κ1) is 10.6. The van der Waals surface area contributed by atoms with Gasteiger partial charge < -0.3 is 15.9 Å². The van der Waals surface area contributed by atoms with Gasteiger partial charge in [-0.3, -0.25) is 0 Å². The zero-order valence-electron chi connectivity index (χ0n) is 7.30. The molecule has 0 bridgehead atoms. The van der Waals surface area contributed by atoms with E-state index in [2.05, 4.69) is 5.18 Å². The summed E-state index contributed by atoms with van der Waals surface area (Å²) >= 11 is 0. The number of carbonyl (C=O) groups is 2. The van der Waals surface area contributed by atoms with E-state index < -0.39 is 28.8 Å². The first-order valence-electron chi connectivity index (χ1n) is 3.71. The van der Waals surface area contributed by atoms with E-state index in [-0.39, 0.29) is 5.69 Å². The summed E-state index contributed by atoms with van der Waals surface area (Å²) in [5, 5.41) is 19.9. The van der Waals surface area contributed by atoms with E-state index in [1.54, 1.807) is 0 Å². The van der Waals surface area contributed by atoms with Crippen molar-refractivity contribution in [3.8, 4) is 0 Å². The molecular weight excluding hydrogens is 204 g/mol. The summed E-state index contributed by atoms with van der Waals surface area (Å²) in [4.78, 5) is 31.7. The molecule has 0 aromatic heterocycles. The van der Waals surface area contributed by atoms with Gasteiger partial charge in [0.25, 0.3) is 0 Å². The lowest BCUT2D eigenvalue weighted by Crippen LogP contribution is -2.11. The summed E-state index contributed by atoms with van der Waals surface area (Å²) in [5.74, 6) is -3.08. The predicted octanol–water partition coefficient (Wildman–Crippen LogP) is 1.06. The van der Waals surface area contributed by atoms with Gasteiger partial charge in [-0.15, -0.1) is 4.91 Å². The van der Waals surface area contributed by atoms with Gasteiger partial charge in [0.2, 0.25) is 0 Å². The van der Waals surface area contributed by atoms with Crippen molar-refractivity contribution in [2.45, 2.75) is 0 Å². The molecule has 7 nitrogen and oxygen atoms in total. The van der Waals surface area contributed by atoms with Gasteiger partial charge in [-0.1, -0.05) is 0 Å². The van der Waals surface area contributed by atoms with E-state index >= 15 is 0 Å². The van der Waals surface area contributed by atoms with Crippen LogP contribution in [0.5, 0.6) is 0 Å². The summed E-state index contributed by atoms with van der Waals surface area (Å²) in [7, 11) is 0. The molecular formula is C8H6N2O5. The van der Waals surface area contributed by atoms with E-state index in [4.69, 9.17) is 15.9 Å². The van der Waals surface area contributed by atoms with Crippen molar-refractivity contribution in [2.75, 3.05) is 5.73 Å². The van der Waals surface area contributed by atoms with Crippen LogP contribution in [-0.4, -0.2) is 22.2 Å². The molecule has 0 aliphatic rings. The summed E-state index contributed by atoms with van der Waals surface area (Å²) in [6, 6.07) is 2.17. The van der Waals surface area contributed by atoms with Gasteiger partial charge in [0.15, 0.2) is 0 Å². The second-order valence-corrected chi connectivity index (χ2v) is 2.63. The normalized spacial score (nSPS) is 9.60. The fourth-order valence-corrected chi connectivity index (χ4v) is 1.13. The van der Waals surface area contributed by atoms with Crippen molar-refractivity contribution < 1.29 is 19.8 Å². The first-order valence-corrected chi connectivity index (χ1v) is 3.71. The maximum absolute atomic E-state index is 10.7. The number of rotatable bonds is 3. The van der Waals surface area contributed by atoms with Crippen LogP contribution in [0.3, 0.4) is 0 Å². The molecule has 0 heterocycles. The number of hydrogen-bond donors (Lipinski definition) is 3. The van der Waals surface area contributed by atoms with E-state index in [1.807, 2.05) is 0 Å². The molecule has 15 heavy (non-hydrogen) atoms. The molecule has 0 radical (unpaired) electrons. The molecule has 78 valence electrons. The van der Waals surface area contributed by atoms with Crippen LogP contribution in [-0.2, 0) is 0 Å². The van der Waals surface area contributed by atoms with Crippen LogP contribution in [0.25, 0.3) is 0 Å². The maximum Gasteiger partial charge on any atom is 0.339 e. The Morgan fingerprint density at radius 3 is 2.07 bits per heavy atom. The second-order valence-electron chi connectivity index (χ2n) is 2.63. The maximum atomic E-state index is 10.7. The molecule has 0 saturated heterocycles. The van der Waals surface area contributed by atoms with Crippen LogP contribution in [0.4, 0.5) is 11.4 Å². The monoisotopic (exact) mass is 210 g/mol. The highest BCUT2D eigenvalue weighted by atomic mass is 16.4. The molecule has 1 aromatic carbocycles. The Morgan fingerprint density at radius 2 is 1.67 bits per heavy atom. The SMILES string of the molecule is Nc1ccc(N=O)c(C(=O)O)c1C(=O)O. The Bertz CT molecular complexity index is 455. The third kappa shape index (κ3) is 1.75. The lowest BCUT2D eigenvalue weighted by atomic mass is 10.0. The Kier molecular flexibility index (Phi) is 2.65. The number of aromatic carboxylic acids is 2. The Balaban J connectivity index is 3.65. The second kappa shape index (κ2) is 3.74. The average molecular weight is 210 g/mol. The van der Waals surface area contributed by atoms with E-state index in [0.717, 1.165) is 12.1 Å². The summed E-state index contributed by atoms with van der Waals surface area (Å²) in [6.45, 7) is 0. The summed E-state index contributed by atoms with van der Waals surface area (Å²) in [6.07, 6.45) is 0. The van der Waals surface area contributed by atoms with Gasteiger partial charge in [-0.05, 0) is 17.3 Å². The predicted molar refractivity (Wildman–Crippen MR) is 50.2 cm³/mol. The topological polar surface area (TPSA) is 130 Å². The van der Waals surface area contributed by atoms with Gasteiger partial charge in [-0.25, -0.2) is 9.59 Å². The number of nitrogens with zero attached hydrogens (tertiary/aromatic N) is 1. The molecule has 4 N–H and O–H groups in total. The highest BCUT2D eigenvalue weighted by Crippen LogP contribution is 2.27. The number of anilines is 1. The quantitative estimate of drug-likeness (QED) is 0.505. The van der Waals surface area contributed by atoms with Crippen LogP contribution in [0.15, 0.2) is 17.3 Å². The molecule has 0 aliphatic heterocycles. The molecule has 0 atom stereocenters. The Morgan fingerprint density at radius 1 is 1.13 bits per heavy atom. The van der Waals surface area contributed by atoms with Gasteiger partial charge in [0, 0.05) is 5.69 Å². The summed E-state index contributed by atoms with van der Waals surface area (Å²) < 4.78 is 0. The lowest BCUT2D eigenvalue weighted by Gasteiger charge is -2.05.